The summed E-state index contributed by atoms with van der Waals surface area (Å²) in [4.78, 5) is 22.6. The van der Waals surface area contributed by atoms with Crippen molar-refractivity contribution in [1.82, 2.24) is 9.97 Å². The van der Waals surface area contributed by atoms with E-state index in [0.717, 1.165) is 30.2 Å². The number of rotatable bonds is 5. The number of hydrogen-bond acceptors (Lipinski definition) is 4. The van der Waals surface area contributed by atoms with Crippen LogP contribution in [-0.2, 0) is 0 Å². The Labute approximate surface area is 125 Å². The molecule has 0 saturated carbocycles. The topological polar surface area (TPSA) is 58.1 Å². The van der Waals surface area contributed by atoms with E-state index in [4.69, 9.17) is 0 Å². The normalized spacial score (nSPS) is 10.2. The highest BCUT2D eigenvalue weighted by atomic mass is 16.1. The molecular weight excluding hydrogens is 264 g/mol. The van der Waals surface area contributed by atoms with Crippen molar-refractivity contribution in [2.24, 2.45) is 0 Å². The van der Waals surface area contributed by atoms with E-state index in [1.807, 2.05) is 31.2 Å². The van der Waals surface area contributed by atoms with Crippen LogP contribution >= 0.6 is 0 Å². The number of aryl methyl sites for hydroxylation is 1. The van der Waals surface area contributed by atoms with Gasteiger partial charge in [0.25, 0.3) is 5.91 Å². The molecule has 0 fully saturated rings. The third kappa shape index (κ3) is 3.78. The Morgan fingerprint density at radius 1 is 1.14 bits per heavy atom. The van der Waals surface area contributed by atoms with Gasteiger partial charge in [-0.05, 0) is 32.9 Å². The van der Waals surface area contributed by atoms with Crippen LogP contribution in [-0.4, -0.2) is 29.0 Å². The summed E-state index contributed by atoms with van der Waals surface area (Å²) in [6.07, 6.45) is 1.43. The Hall–Kier alpha value is -2.43. The first-order valence-electron chi connectivity index (χ1n) is 7.09. The van der Waals surface area contributed by atoms with Gasteiger partial charge in [-0.3, -0.25) is 4.79 Å². The maximum atomic E-state index is 12.2. The molecule has 1 aromatic carbocycles. The summed E-state index contributed by atoms with van der Waals surface area (Å²) in [5.41, 5.74) is 2.28. The first kappa shape index (κ1) is 15.0. The van der Waals surface area contributed by atoms with E-state index >= 15 is 0 Å². The van der Waals surface area contributed by atoms with Crippen LogP contribution in [0.1, 0.15) is 29.9 Å². The van der Waals surface area contributed by atoms with Gasteiger partial charge in [-0.2, -0.15) is 0 Å². The molecule has 0 aliphatic carbocycles. The lowest BCUT2D eigenvalue weighted by Gasteiger charge is -2.19. The molecule has 0 atom stereocenters. The van der Waals surface area contributed by atoms with Gasteiger partial charge >= 0.3 is 0 Å². The van der Waals surface area contributed by atoms with Gasteiger partial charge in [0.2, 0.25) is 0 Å². The smallest absolute Gasteiger partial charge is 0.274 e. The van der Waals surface area contributed by atoms with E-state index in [0.29, 0.717) is 5.69 Å². The zero-order chi connectivity index (χ0) is 15.2. The van der Waals surface area contributed by atoms with Gasteiger partial charge < -0.3 is 10.2 Å². The van der Waals surface area contributed by atoms with Crippen molar-refractivity contribution >= 4 is 17.4 Å². The summed E-state index contributed by atoms with van der Waals surface area (Å²) in [6, 6.07) is 9.38. The summed E-state index contributed by atoms with van der Waals surface area (Å²) in [5, 5.41) is 2.84. The van der Waals surface area contributed by atoms with E-state index < -0.39 is 0 Å². The second-order valence-electron chi connectivity index (χ2n) is 4.75. The quantitative estimate of drug-likeness (QED) is 0.917. The Morgan fingerprint density at radius 2 is 1.81 bits per heavy atom. The molecule has 5 nitrogen and oxygen atoms in total. The number of amides is 1. The molecule has 1 aromatic heterocycles. The standard InChI is InChI=1S/C16H20N4O/c1-4-20(5-2)15-10-14(17-11-18-15)16(21)19-13-8-6-12(3)7-9-13/h6-11H,4-5H2,1-3H3,(H,19,21). The lowest BCUT2D eigenvalue weighted by atomic mass is 10.2. The zero-order valence-electron chi connectivity index (χ0n) is 12.6. The molecule has 0 saturated heterocycles. The lowest BCUT2D eigenvalue weighted by molar-refractivity contribution is 0.102. The van der Waals surface area contributed by atoms with E-state index in [2.05, 4.69) is 34.0 Å². The van der Waals surface area contributed by atoms with Crippen LogP contribution < -0.4 is 10.2 Å². The summed E-state index contributed by atoms with van der Waals surface area (Å²) in [6.45, 7) is 7.79. The van der Waals surface area contributed by atoms with Crippen molar-refractivity contribution in [3.05, 3.63) is 47.9 Å². The van der Waals surface area contributed by atoms with Crippen LogP contribution in [0.2, 0.25) is 0 Å². The van der Waals surface area contributed by atoms with E-state index in [1.165, 1.54) is 6.33 Å². The largest absolute Gasteiger partial charge is 0.357 e. The predicted octanol–water partition coefficient (Wildman–Crippen LogP) is 2.88. The molecule has 21 heavy (non-hydrogen) atoms. The molecule has 0 spiro atoms. The first-order valence-corrected chi connectivity index (χ1v) is 7.09. The summed E-state index contributed by atoms with van der Waals surface area (Å²) >= 11 is 0. The minimum atomic E-state index is -0.227. The number of nitrogens with one attached hydrogen (secondary N) is 1. The lowest BCUT2D eigenvalue weighted by Crippen LogP contribution is -2.24. The van der Waals surface area contributed by atoms with Crippen molar-refractivity contribution in [3.8, 4) is 0 Å². The van der Waals surface area contributed by atoms with E-state index in [-0.39, 0.29) is 5.91 Å². The summed E-state index contributed by atoms with van der Waals surface area (Å²) < 4.78 is 0. The Bertz CT molecular complexity index is 606. The molecule has 0 aliphatic heterocycles. The highest BCUT2D eigenvalue weighted by Crippen LogP contribution is 2.13. The van der Waals surface area contributed by atoms with Gasteiger partial charge in [0.05, 0.1) is 0 Å². The number of hydrogen-bond donors (Lipinski definition) is 1. The Balaban J connectivity index is 2.15. The molecule has 2 aromatic rings. The van der Waals surface area contributed by atoms with E-state index in [1.54, 1.807) is 6.07 Å². The summed E-state index contributed by atoms with van der Waals surface area (Å²) in [5.74, 6) is 0.540. The second-order valence-corrected chi connectivity index (χ2v) is 4.75. The molecule has 1 amide bonds. The number of carbonyl (C=O) groups is 1. The fourth-order valence-electron chi connectivity index (χ4n) is 2.02. The molecule has 1 N–H and O–H groups in total. The average Bonchev–Trinajstić information content (AvgIpc) is 2.51. The molecule has 5 heteroatoms. The monoisotopic (exact) mass is 284 g/mol. The number of carbonyl (C=O) groups excluding carboxylic acids is 1. The highest BCUT2D eigenvalue weighted by molar-refractivity contribution is 6.03. The van der Waals surface area contributed by atoms with Gasteiger partial charge in [-0.25, -0.2) is 9.97 Å². The minimum absolute atomic E-state index is 0.227. The van der Waals surface area contributed by atoms with Crippen molar-refractivity contribution in [1.29, 1.82) is 0 Å². The molecule has 0 radical (unpaired) electrons. The van der Waals surface area contributed by atoms with Crippen molar-refractivity contribution < 1.29 is 4.79 Å². The second kappa shape index (κ2) is 6.83. The van der Waals surface area contributed by atoms with Crippen molar-refractivity contribution in [2.45, 2.75) is 20.8 Å². The van der Waals surface area contributed by atoms with Gasteiger partial charge in [-0.15, -0.1) is 0 Å². The molecule has 0 unspecified atom stereocenters. The Morgan fingerprint density at radius 3 is 2.43 bits per heavy atom. The van der Waals surface area contributed by atoms with Crippen LogP contribution in [0.3, 0.4) is 0 Å². The molecule has 1 heterocycles. The number of anilines is 2. The van der Waals surface area contributed by atoms with Gasteiger partial charge in [0.1, 0.15) is 17.8 Å². The van der Waals surface area contributed by atoms with Crippen LogP contribution in [0.25, 0.3) is 0 Å². The summed E-state index contributed by atoms with van der Waals surface area (Å²) in [7, 11) is 0. The van der Waals surface area contributed by atoms with Gasteiger partial charge in [-0.1, -0.05) is 17.7 Å². The first-order chi connectivity index (χ1) is 10.1. The molecular formula is C16H20N4O. The zero-order valence-corrected chi connectivity index (χ0v) is 12.6. The number of benzene rings is 1. The van der Waals surface area contributed by atoms with Gasteiger partial charge in [0.15, 0.2) is 0 Å². The maximum Gasteiger partial charge on any atom is 0.274 e. The van der Waals surface area contributed by atoms with Crippen LogP contribution in [0.5, 0.6) is 0 Å². The molecule has 2 rings (SSSR count). The van der Waals surface area contributed by atoms with Crippen LogP contribution in [0.4, 0.5) is 11.5 Å². The average molecular weight is 284 g/mol. The van der Waals surface area contributed by atoms with Crippen LogP contribution in [0.15, 0.2) is 36.7 Å². The highest BCUT2D eigenvalue weighted by Gasteiger charge is 2.11. The maximum absolute atomic E-state index is 12.2. The Kier molecular flexibility index (Phi) is 4.87. The van der Waals surface area contributed by atoms with E-state index in [9.17, 15) is 4.79 Å². The third-order valence-corrected chi connectivity index (χ3v) is 3.28. The number of nitrogens with zero attached hydrogens (tertiary/aromatic N) is 3. The molecule has 0 bridgehead atoms. The van der Waals surface area contributed by atoms with Crippen LogP contribution in [0, 0.1) is 6.92 Å². The number of aromatic nitrogens is 2. The predicted molar refractivity (Wildman–Crippen MR) is 84.7 cm³/mol. The molecule has 110 valence electrons. The fraction of sp³-hybridized carbons (Fsp3) is 0.312. The fourth-order valence-corrected chi connectivity index (χ4v) is 2.02. The van der Waals surface area contributed by atoms with Crippen molar-refractivity contribution in [2.75, 3.05) is 23.3 Å². The third-order valence-electron chi connectivity index (χ3n) is 3.28. The van der Waals surface area contributed by atoms with Crippen molar-refractivity contribution in [3.63, 3.8) is 0 Å². The van der Waals surface area contributed by atoms with Gasteiger partial charge in [0, 0.05) is 24.8 Å². The minimum Gasteiger partial charge on any atom is -0.357 e. The SMILES string of the molecule is CCN(CC)c1cc(C(=O)Nc2ccc(C)cc2)ncn1. The molecule has 0 aliphatic rings.